The van der Waals surface area contributed by atoms with Crippen molar-refractivity contribution in [3.63, 3.8) is 0 Å². The number of likely N-dealkylation sites (N-methyl/N-ethyl adjacent to an activating group) is 1. The van der Waals surface area contributed by atoms with Crippen molar-refractivity contribution in [3.05, 3.63) is 60.0 Å². The Labute approximate surface area is 195 Å². The summed E-state index contributed by atoms with van der Waals surface area (Å²) in [6.45, 7) is 5.80. The van der Waals surface area contributed by atoms with Gasteiger partial charge in [-0.15, -0.1) is 0 Å². The summed E-state index contributed by atoms with van der Waals surface area (Å²) in [7, 11) is 5.84. The van der Waals surface area contributed by atoms with Crippen molar-refractivity contribution >= 4 is 11.6 Å². The van der Waals surface area contributed by atoms with Gasteiger partial charge in [0.2, 0.25) is 0 Å². The van der Waals surface area contributed by atoms with Crippen molar-refractivity contribution in [2.45, 2.75) is 13.0 Å². The predicted molar refractivity (Wildman–Crippen MR) is 131 cm³/mol. The Hall–Kier alpha value is -3.23. The van der Waals surface area contributed by atoms with Crippen LogP contribution in [0.15, 0.2) is 48.7 Å². The molecular formula is C25H32N6O2. The molecule has 3 heterocycles. The molecule has 33 heavy (non-hydrogen) atoms. The van der Waals surface area contributed by atoms with Crippen molar-refractivity contribution in [2.24, 2.45) is 0 Å². The van der Waals surface area contributed by atoms with Crippen LogP contribution in [-0.4, -0.2) is 73.9 Å². The van der Waals surface area contributed by atoms with E-state index in [1.54, 1.807) is 7.11 Å². The van der Waals surface area contributed by atoms with E-state index in [-0.39, 0.29) is 6.04 Å². The van der Waals surface area contributed by atoms with Gasteiger partial charge in [-0.25, -0.2) is 15.0 Å². The zero-order valence-electron chi connectivity index (χ0n) is 19.8. The quantitative estimate of drug-likeness (QED) is 0.562. The zero-order valence-corrected chi connectivity index (χ0v) is 19.8. The fraction of sp³-hybridized carbons (Fsp3) is 0.400. The third kappa shape index (κ3) is 5.77. The van der Waals surface area contributed by atoms with E-state index < -0.39 is 0 Å². The van der Waals surface area contributed by atoms with Crippen LogP contribution in [0.1, 0.15) is 17.4 Å². The highest BCUT2D eigenvalue weighted by atomic mass is 16.5. The standard InChI is InChI=1S/C25H32N6O2/c1-18-28-22(20-9-10-26-25(15-20)31-11-13-33-14-12-31)16-24(29-18)27-17-23(30(2)3)19-5-7-21(32-4)8-6-19/h5-10,15-16,23H,11-14,17H2,1-4H3,(H,27,28,29)/t23-/m1/s1. The fourth-order valence-electron chi connectivity index (χ4n) is 3.98. The average Bonchev–Trinajstić information content (AvgIpc) is 2.84. The number of aromatic nitrogens is 3. The lowest BCUT2D eigenvalue weighted by Crippen LogP contribution is -2.36. The molecule has 0 saturated carbocycles. The number of aryl methyl sites for hydroxylation is 1. The Balaban J connectivity index is 1.52. The van der Waals surface area contributed by atoms with Crippen molar-refractivity contribution in [1.82, 2.24) is 19.9 Å². The molecular weight excluding hydrogens is 416 g/mol. The second-order valence-corrected chi connectivity index (χ2v) is 8.32. The van der Waals surface area contributed by atoms with Crippen molar-refractivity contribution in [1.29, 1.82) is 0 Å². The van der Waals surface area contributed by atoms with Gasteiger partial charge in [0, 0.05) is 37.5 Å². The van der Waals surface area contributed by atoms with E-state index in [1.807, 2.05) is 37.4 Å². The molecule has 8 nitrogen and oxygen atoms in total. The van der Waals surface area contributed by atoms with E-state index in [1.165, 1.54) is 5.56 Å². The number of ether oxygens (including phenoxy) is 2. The Kier molecular flexibility index (Phi) is 7.36. The number of nitrogens with zero attached hydrogens (tertiary/aromatic N) is 5. The zero-order chi connectivity index (χ0) is 23.2. The lowest BCUT2D eigenvalue weighted by atomic mass is 10.1. The number of nitrogens with one attached hydrogen (secondary N) is 1. The molecule has 1 aromatic carbocycles. The number of pyridine rings is 1. The normalized spacial score (nSPS) is 14.9. The lowest BCUT2D eigenvalue weighted by Gasteiger charge is -2.28. The minimum atomic E-state index is 0.184. The highest BCUT2D eigenvalue weighted by Crippen LogP contribution is 2.25. The van der Waals surface area contributed by atoms with Crippen LogP contribution in [0, 0.1) is 6.92 Å². The maximum absolute atomic E-state index is 5.47. The maximum atomic E-state index is 5.47. The van der Waals surface area contributed by atoms with Crippen LogP contribution in [0.5, 0.6) is 5.75 Å². The Bertz CT molecular complexity index is 1050. The summed E-state index contributed by atoms with van der Waals surface area (Å²) in [4.78, 5) is 18.3. The van der Waals surface area contributed by atoms with Gasteiger partial charge in [-0.1, -0.05) is 12.1 Å². The van der Waals surface area contributed by atoms with E-state index >= 15 is 0 Å². The molecule has 4 rings (SSSR count). The highest BCUT2D eigenvalue weighted by molar-refractivity contribution is 5.65. The van der Waals surface area contributed by atoms with Crippen molar-refractivity contribution < 1.29 is 9.47 Å². The van der Waals surface area contributed by atoms with Crippen LogP contribution in [0.3, 0.4) is 0 Å². The molecule has 0 amide bonds. The van der Waals surface area contributed by atoms with Crippen LogP contribution >= 0.6 is 0 Å². The van der Waals surface area contributed by atoms with Crippen molar-refractivity contribution in [2.75, 3.05) is 64.3 Å². The molecule has 1 atom stereocenters. The van der Waals surface area contributed by atoms with E-state index in [0.29, 0.717) is 6.54 Å². The van der Waals surface area contributed by atoms with Crippen LogP contribution in [0.25, 0.3) is 11.3 Å². The Morgan fingerprint density at radius 2 is 1.85 bits per heavy atom. The molecule has 0 spiro atoms. The minimum Gasteiger partial charge on any atom is -0.497 e. The summed E-state index contributed by atoms with van der Waals surface area (Å²) < 4.78 is 10.8. The van der Waals surface area contributed by atoms with Gasteiger partial charge in [-0.05, 0) is 50.8 Å². The number of morpholine rings is 1. The first-order chi connectivity index (χ1) is 16.0. The van der Waals surface area contributed by atoms with Crippen LogP contribution in [-0.2, 0) is 4.74 Å². The first-order valence-electron chi connectivity index (χ1n) is 11.2. The van der Waals surface area contributed by atoms with E-state index in [4.69, 9.17) is 9.47 Å². The first kappa shape index (κ1) is 22.9. The summed E-state index contributed by atoms with van der Waals surface area (Å²) in [5, 5.41) is 3.52. The van der Waals surface area contributed by atoms with E-state index in [9.17, 15) is 0 Å². The van der Waals surface area contributed by atoms with Crippen LogP contribution in [0.2, 0.25) is 0 Å². The van der Waals surface area contributed by atoms with Gasteiger partial charge < -0.3 is 24.6 Å². The Morgan fingerprint density at radius 1 is 1.09 bits per heavy atom. The predicted octanol–water partition coefficient (Wildman–Crippen LogP) is 3.41. The molecule has 0 unspecified atom stereocenters. The average molecular weight is 449 g/mol. The van der Waals surface area contributed by atoms with Crippen LogP contribution < -0.4 is 15.0 Å². The molecule has 0 bridgehead atoms. The van der Waals surface area contributed by atoms with E-state index in [0.717, 1.165) is 60.8 Å². The van der Waals surface area contributed by atoms with Gasteiger partial charge in [0.05, 0.1) is 32.1 Å². The molecule has 2 aromatic heterocycles. The number of hydrogen-bond acceptors (Lipinski definition) is 8. The van der Waals surface area contributed by atoms with Gasteiger partial charge in [0.1, 0.15) is 23.2 Å². The lowest BCUT2D eigenvalue weighted by molar-refractivity contribution is 0.122. The molecule has 174 valence electrons. The SMILES string of the molecule is COc1ccc([C@@H](CNc2cc(-c3ccnc(N4CCOCC4)c3)nc(C)n2)N(C)C)cc1. The maximum Gasteiger partial charge on any atom is 0.130 e. The van der Waals surface area contributed by atoms with Crippen molar-refractivity contribution in [3.8, 4) is 17.0 Å². The van der Waals surface area contributed by atoms with Gasteiger partial charge >= 0.3 is 0 Å². The molecule has 3 aromatic rings. The first-order valence-corrected chi connectivity index (χ1v) is 11.2. The second kappa shape index (κ2) is 10.6. The fourth-order valence-corrected chi connectivity index (χ4v) is 3.98. The molecule has 1 aliphatic heterocycles. The minimum absolute atomic E-state index is 0.184. The summed E-state index contributed by atoms with van der Waals surface area (Å²) in [5.74, 6) is 3.34. The number of benzene rings is 1. The second-order valence-electron chi connectivity index (χ2n) is 8.32. The highest BCUT2D eigenvalue weighted by Gasteiger charge is 2.16. The largest absolute Gasteiger partial charge is 0.497 e. The molecule has 0 radical (unpaired) electrons. The summed E-state index contributed by atoms with van der Waals surface area (Å²) >= 11 is 0. The third-order valence-corrected chi connectivity index (χ3v) is 5.81. The number of anilines is 2. The monoisotopic (exact) mass is 448 g/mol. The third-order valence-electron chi connectivity index (χ3n) is 5.81. The smallest absolute Gasteiger partial charge is 0.130 e. The molecule has 1 fully saturated rings. The van der Waals surface area contributed by atoms with Gasteiger partial charge in [-0.2, -0.15) is 0 Å². The molecule has 1 aliphatic rings. The number of rotatable bonds is 8. The molecule has 1 saturated heterocycles. The summed E-state index contributed by atoms with van der Waals surface area (Å²) in [5.41, 5.74) is 3.12. The molecule has 1 N–H and O–H groups in total. The van der Waals surface area contributed by atoms with E-state index in [2.05, 4.69) is 62.4 Å². The Morgan fingerprint density at radius 3 is 2.55 bits per heavy atom. The van der Waals surface area contributed by atoms with Gasteiger partial charge in [-0.3, -0.25) is 0 Å². The number of hydrogen-bond donors (Lipinski definition) is 1. The van der Waals surface area contributed by atoms with Gasteiger partial charge in [0.25, 0.3) is 0 Å². The number of methoxy groups -OCH3 is 1. The summed E-state index contributed by atoms with van der Waals surface area (Å²) in [6.07, 6.45) is 1.84. The molecule has 0 aliphatic carbocycles. The van der Waals surface area contributed by atoms with Gasteiger partial charge in [0.15, 0.2) is 0 Å². The summed E-state index contributed by atoms with van der Waals surface area (Å²) in [6, 6.07) is 14.5. The topological polar surface area (TPSA) is 75.6 Å². The van der Waals surface area contributed by atoms with Crippen LogP contribution in [0.4, 0.5) is 11.6 Å². The molecule has 8 heteroatoms.